The second-order valence-electron chi connectivity index (χ2n) is 9.59. The van der Waals surface area contributed by atoms with Gasteiger partial charge < -0.3 is 36.3 Å². The average molecular weight is 857 g/mol. The number of carboxylic acids is 1. The van der Waals surface area contributed by atoms with Crippen molar-refractivity contribution in [3.63, 3.8) is 0 Å². The largest absolute Gasteiger partial charge is 1.00 e. The standard InChI is InChI=1S/C9H20N4O2.C6H13NO2.C4H11N3S.C3H9N5O2.C2H3N.CH4.Ag.HNO3/c1-9(2,3)15-7(14)6-12-8(10-4)13-11-5;1-6(2,3)9-5(8)4-7;1-5-4(8-3)7-6-2;4-7-3(8-5)6-1-2(9)10;1-2-3;;;2-1(3)4/h11H,6H2,1-5H3,(H2,10,12,13);4,7H2,1-3H3;6H,1-3H3,(H,5,7);1,4-5H2,(H,9,10)(H2,6,7,8);1H3;1H4;;(H,2,3,4)/p+1. The van der Waals surface area contributed by atoms with Crippen LogP contribution in [0.15, 0.2) is 15.0 Å². The number of rotatable bonds is 7. The van der Waals surface area contributed by atoms with Crippen LogP contribution in [-0.2, 0) is 46.2 Å². The molecule has 15 N–H and O–H groups in total. The Bertz CT molecular complexity index is 1020. The Morgan fingerprint density at radius 3 is 1.57 bits per heavy atom. The van der Waals surface area contributed by atoms with Crippen LogP contribution >= 0.6 is 11.8 Å². The Labute approximate surface area is 322 Å². The summed E-state index contributed by atoms with van der Waals surface area (Å²) in [6, 6.07) is 1.75. The number of nitriles is 1. The zero-order valence-electron chi connectivity index (χ0n) is 31.6. The molecule has 0 aromatic heterocycles. The molecular weight excluding hydrogens is 794 g/mol. The maximum absolute atomic E-state index is 11.3. The maximum Gasteiger partial charge on any atom is 1.00 e. The third-order valence-corrected chi connectivity index (χ3v) is 3.82. The molecule has 0 atom stereocenters. The number of aliphatic carboxylic acids is 1. The van der Waals surface area contributed by atoms with E-state index in [-0.39, 0.29) is 68.8 Å². The summed E-state index contributed by atoms with van der Waals surface area (Å²) >= 11 is 1.57. The van der Waals surface area contributed by atoms with Gasteiger partial charge in [0.1, 0.15) is 24.3 Å². The van der Waals surface area contributed by atoms with E-state index in [2.05, 4.69) is 52.8 Å². The van der Waals surface area contributed by atoms with E-state index in [4.69, 9.17) is 52.6 Å². The van der Waals surface area contributed by atoms with Gasteiger partial charge in [-0.25, -0.2) is 27.5 Å². The van der Waals surface area contributed by atoms with E-state index in [0.29, 0.717) is 5.96 Å². The van der Waals surface area contributed by atoms with Crippen LogP contribution in [0.25, 0.3) is 0 Å². The predicted molar refractivity (Wildman–Crippen MR) is 196 cm³/mol. The van der Waals surface area contributed by atoms with E-state index < -0.39 is 22.3 Å². The van der Waals surface area contributed by atoms with Crippen molar-refractivity contribution in [3.05, 3.63) is 10.1 Å². The zero-order chi connectivity index (χ0) is 40.1. The molecule has 51 heavy (non-hydrogen) atoms. The summed E-state index contributed by atoms with van der Waals surface area (Å²) in [5.74, 6) is 8.50. The monoisotopic (exact) mass is 855 g/mol. The molecule has 0 heterocycles. The van der Waals surface area contributed by atoms with Gasteiger partial charge in [0.25, 0.3) is 5.09 Å². The molecule has 0 aliphatic rings. The molecule has 0 spiro atoms. The molecule has 1 radical (unpaired) electrons. The number of thioether (sulfide) groups is 1. The summed E-state index contributed by atoms with van der Waals surface area (Å²) in [6.07, 6.45) is 1.96. The SMILES string of the molecule is C.CC#N.CC(C)(C)OC(=O)CN.CN=C(NCC(=O)OC(C)(C)C)NNC.CN=C(NNC)SC.NNC(=NCC(=O)O)NN.O=[N+]([O-])O.[Ag].[H+]. The van der Waals surface area contributed by atoms with Gasteiger partial charge in [-0.15, -0.1) is 10.1 Å². The van der Waals surface area contributed by atoms with Crippen LogP contribution in [-0.4, -0.2) is 116 Å². The minimum atomic E-state index is -1.50. The zero-order valence-corrected chi connectivity index (χ0v) is 32.9. The number of carbonyl (C=O) groups is 3. The first-order valence-corrected chi connectivity index (χ1v) is 14.8. The first kappa shape index (κ1) is 65.4. The molecule has 0 amide bonds. The van der Waals surface area contributed by atoms with Gasteiger partial charge in [0.15, 0.2) is 5.17 Å². The van der Waals surface area contributed by atoms with E-state index >= 15 is 0 Å². The summed E-state index contributed by atoms with van der Waals surface area (Å²) in [6.45, 7) is 12.0. The summed E-state index contributed by atoms with van der Waals surface area (Å²) in [4.78, 5) is 51.2. The Morgan fingerprint density at radius 2 is 1.35 bits per heavy atom. The Balaban J connectivity index is -0.0000000640. The van der Waals surface area contributed by atoms with Crippen molar-refractivity contribution in [2.45, 2.75) is 67.1 Å². The molecule has 0 unspecified atom stereocenters. The maximum atomic E-state index is 11.3. The van der Waals surface area contributed by atoms with Crippen molar-refractivity contribution < 1.29 is 63.1 Å². The van der Waals surface area contributed by atoms with E-state index in [9.17, 15) is 14.4 Å². The number of guanidine groups is 2. The number of carbonyl (C=O) groups excluding carboxylic acids is 2. The number of amidine groups is 1. The van der Waals surface area contributed by atoms with E-state index in [1.54, 1.807) is 66.8 Å². The van der Waals surface area contributed by atoms with Crippen LogP contribution in [0.5, 0.6) is 0 Å². The van der Waals surface area contributed by atoms with Crippen LogP contribution in [0.2, 0.25) is 0 Å². The van der Waals surface area contributed by atoms with Crippen molar-refractivity contribution in [1.29, 1.82) is 5.26 Å². The van der Waals surface area contributed by atoms with Crippen molar-refractivity contribution in [1.82, 2.24) is 37.9 Å². The normalized spacial score (nSPS) is 9.61. The predicted octanol–water partition coefficient (Wildman–Crippen LogP) is -1.74. The Kier molecular flexibility index (Phi) is 56.4. The number of hydrogen-bond acceptors (Lipinski definition) is 17. The van der Waals surface area contributed by atoms with Crippen LogP contribution in [0.1, 0.15) is 57.3 Å². The van der Waals surface area contributed by atoms with Gasteiger partial charge in [0.05, 0.1) is 12.6 Å². The molecule has 0 aromatic carbocycles. The van der Waals surface area contributed by atoms with E-state index in [0.717, 1.165) is 5.17 Å². The second-order valence-corrected chi connectivity index (χ2v) is 10.4. The third-order valence-electron chi connectivity index (χ3n) is 3.15. The Morgan fingerprint density at radius 1 is 0.961 bits per heavy atom. The van der Waals surface area contributed by atoms with Gasteiger partial charge >= 0.3 is 19.3 Å². The number of aliphatic imine (C=N–C) groups is 3. The minimum absolute atomic E-state index is 0. The van der Waals surface area contributed by atoms with Crippen LogP contribution < -0.4 is 55.3 Å². The fourth-order valence-corrected chi connectivity index (χ4v) is 2.19. The van der Waals surface area contributed by atoms with Crippen LogP contribution in [0.3, 0.4) is 0 Å². The van der Waals surface area contributed by atoms with Crippen LogP contribution in [0.4, 0.5) is 0 Å². The van der Waals surface area contributed by atoms with Gasteiger partial charge in [0.2, 0.25) is 11.9 Å². The third kappa shape index (κ3) is 77.0. The van der Waals surface area contributed by atoms with Crippen molar-refractivity contribution in [2.24, 2.45) is 32.4 Å². The molecule has 24 nitrogen and oxygen atoms in total. The molecule has 0 rings (SSSR count). The van der Waals surface area contributed by atoms with E-state index in [1.807, 2.05) is 27.0 Å². The fraction of sp³-hybridized carbons (Fsp3) is 0.720. The van der Waals surface area contributed by atoms with Gasteiger partial charge in [-0.05, 0) is 47.8 Å². The second kappa shape index (κ2) is 44.0. The molecule has 307 valence electrons. The quantitative estimate of drug-likeness (QED) is 0.0257. The fourth-order valence-electron chi connectivity index (χ4n) is 1.80. The number of nitrogens with one attached hydrogen (secondary N) is 7. The molecule has 0 bridgehead atoms. The molecule has 0 aromatic rings. The number of nitrogens with two attached hydrogens (primary N) is 3. The molecule has 0 aliphatic heterocycles. The first-order chi connectivity index (χ1) is 22.5. The smallest absolute Gasteiger partial charge is 0.480 e. The van der Waals surface area contributed by atoms with Gasteiger partial charge in [-0.2, -0.15) is 5.26 Å². The summed E-state index contributed by atoms with van der Waals surface area (Å²) in [5.41, 5.74) is 19.3. The number of ether oxygens (including phenoxy) is 2. The Hall–Kier alpha value is -4.00. The number of hydrogen-bond donors (Lipinski definition) is 12. The van der Waals surface area contributed by atoms with Crippen molar-refractivity contribution in [2.75, 3.05) is 54.1 Å². The number of carboxylic acid groups (broad SMARTS) is 1. The summed E-state index contributed by atoms with van der Waals surface area (Å²) in [5, 5.41) is 32.8. The number of nitrogens with zero attached hydrogens (tertiary/aromatic N) is 5. The summed E-state index contributed by atoms with van der Waals surface area (Å²) in [7, 11) is 6.87. The first-order valence-electron chi connectivity index (χ1n) is 13.6. The molecular formula is C25H62AgN15O9S+. The average Bonchev–Trinajstić information content (AvgIpc) is 2.97. The molecule has 0 saturated heterocycles. The molecule has 26 heteroatoms. The van der Waals surface area contributed by atoms with Crippen molar-refractivity contribution >= 4 is 46.8 Å². The number of esters is 2. The molecule has 0 aliphatic carbocycles. The van der Waals surface area contributed by atoms with E-state index in [1.165, 1.54) is 6.92 Å². The van der Waals surface area contributed by atoms with Gasteiger partial charge in [-0.3, -0.25) is 40.6 Å². The number of hydrazine groups is 4. The van der Waals surface area contributed by atoms with Crippen LogP contribution in [0, 0.1) is 21.4 Å². The van der Waals surface area contributed by atoms with Gasteiger partial charge in [-0.1, -0.05) is 19.2 Å². The minimum Gasteiger partial charge on any atom is -0.480 e. The molecule has 0 fully saturated rings. The summed E-state index contributed by atoms with van der Waals surface area (Å²) < 4.78 is 9.93. The van der Waals surface area contributed by atoms with Gasteiger partial charge in [0, 0.05) is 57.5 Å². The molecule has 0 saturated carbocycles. The van der Waals surface area contributed by atoms with Crippen molar-refractivity contribution in [3.8, 4) is 6.07 Å². The topological polar surface area (TPSA) is 376 Å².